The van der Waals surface area contributed by atoms with Crippen LogP contribution < -0.4 is 5.32 Å². The lowest BCUT2D eigenvalue weighted by atomic mass is 10.1. The molecule has 1 rings (SSSR count). The highest BCUT2D eigenvalue weighted by atomic mass is 16.6. The van der Waals surface area contributed by atoms with Gasteiger partial charge in [-0.05, 0) is 26.3 Å². The van der Waals surface area contributed by atoms with Crippen LogP contribution in [0.5, 0.6) is 0 Å². The van der Waals surface area contributed by atoms with E-state index in [1.165, 1.54) is 7.11 Å². The molecule has 0 bridgehead atoms. The second kappa shape index (κ2) is 6.93. The molecule has 5 nitrogen and oxygen atoms in total. The lowest BCUT2D eigenvalue weighted by Gasteiger charge is -2.22. The van der Waals surface area contributed by atoms with Gasteiger partial charge in [0, 0.05) is 6.42 Å². The number of ether oxygens (including phenoxy) is 2. The van der Waals surface area contributed by atoms with E-state index in [-0.39, 0.29) is 0 Å². The number of hydrogen-bond acceptors (Lipinski definition) is 4. The lowest BCUT2D eigenvalue weighted by Crippen LogP contribution is -2.45. The Morgan fingerprint density at radius 2 is 1.80 bits per heavy atom. The Bertz CT molecular complexity index is 451. The van der Waals surface area contributed by atoms with Crippen LogP contribution in [0.1, 0.15) is 26.3 Å². The molecule has 0 aliphatic carbocycles. The number of amides is 1. The van der Waals surface area contributed by atoms with E-state index in [4.69, 9.17) is 9.47 Å². The smallest absolute Gasteiger partial charge is 0.408 e. The number of carbonyl (C=O) groups excluding carboxylic acids is 2. The van der Waals surface area contributed by atoms with Crippen LogP contribution in [0.2, 0.25) is 0 Å². The van der Waals surface area contributed by atoms with Gasteiger partial charge < -0.3 is 14.8 Å². The van der Waals surface area contributed by atoms with Gasteiger partial charge in [0.25, 0.3) is 0 Å². The van der Waals surface area contributed by atoms with Crippen LogP contribution in [0.4, 0.5) is 4.79 Å². The van der Waals surface area contributed by atoms with Gasteiger partial charge in [-0.3, -0.25) is 0 Å². The van der Waals surface area contributed by atoms with Crippen molar-refractivity contribution < 1.29 is 19.1 Å². The molecular weight excluding hydrogens is 258 g/mol. The van der Waals surface area contributed by atoms with E-state index in [1.54, 1.807) is 20.8 Å². The minimum absolute atomic E-state index is 0.354. The van der Waals surface area contributed by atoms with Crippen LogP contribution in [0.3, 0.4) is 0 Å². The van der Waals surface area contributed by atoms with E-state index < -0.39 is 23.7 Å². The molecule has 0 aliphatic heterocycles. The summed E-state index contributed by atoms with van der Waals surface area (Å²) in [5, 5.41) is 2.54. The Morgan fingerprint density at radius 3 is 2.30 bits per heavy atom. The molecule has 0 unspecified atom stereocenters. The first-order chi connectivity index (χ1) is 9.31. The summed E-state index contributed by atoms with van der Waals surface area (Å²) < 4.78 is 9.85. The number of nitrogens with one attached hydrogen (secondary N) is 1. The van der Waals surface area contributed by atoms with Gasteiger partial charge in [-0.2, -0.15) is 0 Å². The first kappa shape index (κ1) is 16.0. The number of esters is 1. The van der Waals surface area contributed by atoms with Crippen molar-refractivity contribution in [3.05, 3.63) is 35.9 Å². The maximum absolute atomic E-state index is 11.7. The molecule has 0 aliphatic rings. The predicted molar refractivity (Wildman–Crippen MR) is 75.3 cm³/mol. The zero-order valence-corrected chi connectivity index (χ0v) is 12.3. The van der Waals surface area contributed by atoms with E-state index in [9.17, 15) is 9.59 Å². The maximum atomic E-state index is 11.7. The van der Waals surface area contributed by atoms with Crippen LogP contribution in [0.15, 0.2) is 30.3 Å². The Hall–Kier alpha value is -2.04. The molecule has 0 heterocycles. The number of rotatable bonds is 4. The van der Waals surface area contributed by atoms with Crippen LogP contribution in [-0.2, 0) is 20.7 Å². The van der Waals surface area contributed by atoms with Crippen molar-refractivity contribution in [2.45, 2.75) is 38.8 Å². The first-order valence-electron chi connectivity index (χ1n) is 6.43. The predicted octanol–water partition coefficient (Wildman–Crippen LogP) is 2.30. The van der Waals surface area contributed by atoms with E-state index in [2.05, 4.69) is 5.32 Å². The Kier molecular flexibility index (Phi) is 5.55. The zero-order valence-electron chi connectivity index (χ0n) is 12.3. The topological polar surface area (TPSA) is 64.6 Å². The minimum atomic E-state index is -0.766. The largest absolute Gasteiger partial charge is 0.467 e. The summed E-state index contributed by atoms with van der Waals surface area (Å²) in [7, 11) is 1.29. The summed E-state index contributed by atoms with van der Waals surface area (Å²) in [6.07, 6.45) is -0.281. The van der Waals surface area contributed by atoms with Crippen molar-refractivity contribution in [2.24, 2.45) is 0 Å². The third-order valence-electron chi connectivity index (χ3n) is 2.46. The van der Waals surface area contributed by atoms with Gasteiger partial charge in [-0.25, -0.2) is 9.59 Å². The van der Waals surface area contributed by atoms with Crippen molar-refractivity contribution in [3.63, 3.8) is 0 Å². The lowest BCUT2D eigenvalue weighted by molar-refractivity contribution is -0.143. The fourth-order valence-corrected chi connectivity index (χ4v) is 1.64. The Morgan fingerprint density at radius 1 is 1.20 bits per heavy atom. The normalized spacial score (nSPS) is 12.4. The minimum Gasteiger partial charge on any atom is -0.467 e. The third-order valence-corrected chi connectivity index (χ3v) is 2.46. The molecule has 1 aromatic rings. The number of hydrogen-bond donors (Lipinski definition) is 1. The summed E-state index contributed by atoms with van der Waals surface area (Å²) in [5.41, 5.74) is 0.316. The van der Waals surface area contributed by atoms with Crippen LogP contribution in [0, 0.1) is 0 Å². The average molecular weight is 279 g/mol. The summed E-state index contributed by atoms with van der Waals surface area (Å²) in [6, 6.07) is 8.63. The quantitative estimate of drug-likeness (QED) is 0.859. The van der Waals surface area contributed by atoms with E-state index in [0.29, 0.717) is 6.42 Å². The standard InChI is InChI=1S/C15H21NO4/c1-15(2,3)20-14(18)16-12(13(17)19-4)10-11-8-6-5-7-9-11/h5-9,12H,10H2,1-4H3,(H,16,18)/t12-/m1/s1. The van der Waals surface area contributed by atoms with Crippen molar-refractivity contribution in [2.75, 3.05) is 7.11 Å². The molecule has 0 saturated heterocycles. The fraction of sp³-hybridized carbons (Fsp3) is 0.467. The number of methoxy groups -OCH3 is 1. The van der Waals surface area contributed by atoms with E-state index >= 15 is 0 Å². The molecule has 0 fully saturated rings. The maximum Gasteiger partial charge on any atom is 0.408 e. The second-order valence-electron chi connectivity index (χ2n) is 5.41. The van der Waals surface area contributed by atoms with Gasteiger partial charge in [0.05, 0.1) is 7.11 Å². The summed E-state index contributed by atoms with van der Waals surface area (Å²) in [5.74, 6) is -0.500. The van der Waals surface area contributed by atoms with Crippen molar-refractivity contribution in [1.29, 1.82) is 0 Å². The molecule has 5 heteroatoms. The second-order valence-corrected chi connectivity index (χ2v) is 5.41. The van der Waals surface area contributed by atoms with Crippen LogP contribution >= 0.6 is 0 Å². The molecule has 1 aromatic carbocycles. The highest BCUT2D eigenvalue weighted by molar-refractivity contribution is 5.81. The highest BCUT2D eigenvalue weighted by Crippen LogP contribution is 2.09. The van der Waals surface area contributed by atoms with E-state index in [0.717, 1.165) is 5.56 Å². The number of benzene rings is 1. The van der Waals surface area contributed by atoms with Gasteiger partial charge in [-0.15, -0.1) is 0 Å². The Labute approximate surface area is 119 Å². The fourth-order valence-electron chi connectivity index (χ4n) is 1.64. The van der Waals surface area contributed by atoms with Crippen LogP contribution in [0.25, 0.3) is 0 Å². The molecule has 1 atom stereocenters. The van der Waals surface area contributed by atoms with E-state index in [1.807, 2.05) is 30.3 Å². The molecule has 110 valence electrons. The third kappa shape index (κ3) is 5.73. The molecule has 0 spiro atoms. The van der Waals surface area contributed by atoms with Gasteiger partial charge in [0.1, 0.15) is 11.6 Å². The summed E-state index contributed by atoms with van der Waals surface area (Å²) >= 11 is 0. The molecule has 20 heavy (non-hydrogen) atoms. The van der Waals surface area contributed by atoms with Gasteiger partial charge in [-0.1, -0.05) is 30.3 Å². The summed E-state index contributed by atoms with van der Waals surface area (Å²) in [4.78, 5) is 23.5. The van der Waals surface area contributed by atoms with Crippen LogP contribution in [-0.4, -0.2) is 30.8 Å². The van der Waals surface area contributed by atoms with Gasteiger partial charge in [0.15, 0.2) is 0 Å². The van der Waals surface area contributed by atoms with Gasteiger partial charge >= 0.3 is 12.1 Å². The van der Waals surface area contributed by atoms with Crippen molar-refractivity contribution in [3.8, 4) is 0 Å². The number of carbonyl (C=O) groups is 2. The zero-order chi connectivity index (χ0) is 15.2. The molecule has 1 amide bonds. The Balaban J connectivity index is 2.70. The van der Waals surface area contributed by atoms with Crippen molar-refractivity contribution >= 4 is 12.1 Å². The molecule has 1 N–H and O–H groups in total. The number of alkyl carbamates (subject to hydrolysis) is 1. The molecule has 0 aromatic heterocycles. The average Bonchev–Trinajstić information content (AvgIpc) is 2.36. The molecule has 0 saturated carbocycles. The first-order valence-corrected chi connectivity index (χ1v) is 6.43. The van der Waals surface area contributed by atoms with Gasteiger partial charge in [0.2, 0.25) is 0 Å². The molecular formula is C15H21NO4. The monoisotopic (exact) mass is 279 g/mol. The molecule has 0 radical (unpaired) electrons. The van der Waals surface area contributed by atoms with Crippen molar-refractivity contribution in [1.82, 2.24) is 5.32 Å². The highest BCUT2D eigenvalue weighted by Gasteiger charge is 2.25. The summed E-state index contributed by atoms with van der Waals surface area (Å²) in [6.45, 7) is 5.28. The SMILES string of the molecule is COC(=O)[C@@H](Cc1ccccc1)NC(=O)OC(C)(C)C.